The van der Waals surface area contributed by atoms with Crippen LogP contribution >= 0.6 is 12.6 Å². The third-order valence-electron chi connectivity index (χ3n) is 3.73. The molecular formula is C14H17FN2O2S. The number of thiol groups is 1. The molecule has 6 heteroatoms. The SMILES string of the molecule is CC1CCC(C(N)=O)CN1C(=O)c1cc(S)ccc1F. The van der Waals surface area contributed by atoms with Gasteiger partial charge < -0.3 is 10.6 Å². The number of carbonyl (C=O) groups is 2. The van der Waals surface area contributed by atoms with E-state index >= 15 is 0 Å². The minimum atomic E-state index is -0.582. The molecule has 1 aromatic rings. The lowest BCUT2D eigenvalue weighted by Crippen LogP contribution is -2.48. The Morgan fingerprint density at radius 1 is 1.40 bits per heavy atom. The summed E-state index contributed by atoms with van der Waals surface area (Å²) in [6.45, 7) is 2.13. The van der Waals surface area contributed by atoms with Gasteiger partial charge in [0.25, 0.3) is 5.91 Å². The molecule has 2 N–H and O–H groups in total. The number of primary amides is 1. The van der Waals surface area contributed by atoms with Crippen LogP contribution in [0.3, 0.4) is 0 Å². The number of hydrogen-bond acceptors (Lipinski definition) is 3. The maximum atomic E-state index is 13.8. The highest BCUT2D eigenvalue weighted by Gasteiger charge is 2.32. The standard InChI is InChI=1S/C14H17FN2O2S/c1-8-2-3-9(13(16)18)7-17(8)14(19)11-6-10(20)4-5-12(11)15/h4-6,8-9,20H,2-3,7H2,1H3,(H2,16,18). The summed E-state index contributed by atoms with van der Waals surface area (Å²) in [5.41, 5.74) is 5.29. The van der Waals surface area contributed by atoms with E-state index in [1.165, 1.54) is 23.1 Å². The maximum Gasteiger partial charge on any atom is 0.257 e. The van der Waals surface area contributed by atoms with Crippen molar-refractivity contribution in [2.75, 3.05) is 6.54 Å². The first kappa shape index (κ1) is 14.8. The fourth-order valence-corrected chi connectivity index (χ4v) is 2.66. The molecule has 20 heavy (non-hydrogen) atoms. The molecule has 0 spiro atoms. The van der Waals surface area contributed by atoms with Gasteiger partial charge in [-0.3, -0.25) is 9.59 Å². The largest absolute Gasteiger partial charge is 0.369 e. The Morgan fingerprint density at radius 2 is 2.10 bits per heavy atom. The first-order valence-electron chi connectivity index (χ1n) is 6.49. The molecule has 1 fully saturated rings. The van der Waals surface area contributed by atoms with Gasteiger partial charge >= 0.3 is 0 Å². The molecule has 108 valence electrons. The average Bonchev–Trinajstić information content (AvgIpc) is 2.41. The van der Waals surface area contributed by atoms with Gasteiger partial charge in [0.05, 0.1) is 11.5 Å². The van der Waals surface area contributed by atoms with Crippen LogP contribution in [-0.2, 0) is 4.79 Å². The Hall–Kier alpha value is -1.56. The highest BCUT2D eigenvalue weighted by Crippen LogP contribution is 2.25. The molecule has 2 atom stereocenters. The zero-order valence-electron chi connectivity index (χ0n) is 11.2. The molecule has 1 aliphatic rings. The smallest absolute Gasteiger partial charge is 0.257 e. The highest BCUT2D eigenvalue weighted by molar-refractivity contribution is 7.80. The molecule has 0 aliphatic carbocycles. The fraction of sp³-hybridized carbons (Fsp3) is 0.429. The molecule has 1 aliphatic heterocycles. The normalized spacial score (nSPS) is 22.6. The molecule has 0 radical (unpaired) electrons. The number of carbonyl (C=O) groups excluding carboxylic acids is 2. The molecule has 2 rings (SSSR count). The summed E-state index contributed by atoms with van der Waals surface area (Å²) in [4.78, 5) is 25.8. The summed E-state index contributed by atoms with van der Waals surface area (Å²) >= 11 is 4.12. The minimum Gasteiger partial charge on any atom is -0.369 e. The Bertz CT molecular complexity index is 550. The number of nitrogens with zero attached hydrogens (tertiary/aromatic N) is 1. The van der Waals surface area contributed by atoms with Gasteiger partial charge in [-0.25, -0.2) is 4.39 Å². The van der Waals surface area contributed by atoms with Crippen molar-refractivity contribution in [3.05, 3.63) is 29.6 Å². The minimum absolute atomic E-state index is 0.0190. The average molecular weight is 296 g/mol. The van der Waals surface area contributed by atoms with Gasteiger partial charge in [0.2, 0.25) is 5.91 Å². The Labute approximate surface area is 122 Å². The lowest BCUT2D eigenvalue weighted by Gasteiger charge is -2.37. The van der Waals surface area contributed by atoms with Crippen LogP contribution in [-0.4, -0.2) is 29.3 Å². The van der Waals surface area contributed by atoms with Crippen LogP contribution in [0.25, 0.3) is 0 Å². The van der Waals surface area contributed by atoms with E-state index in [-0.39, 0.29) is 24.1 Å². The van der Waals surface area contributed by atoms with E-state index < -0.39 is 17.6 Å². The van der Waals surface area contributed by atoms with E-state index in [2.05, 4.69) is 12.6 Å². The number of halogens is 1. The van der Waals surface area contributed by atoms with Crippen molar-refractivity contribution in [1.29, 1.82) is 0 Å². The summed E-state index contributed by atoms with van der Waals surface area (Å²) in [5, 5.41) is 0. The molecule has 1 saturated heterocycles. The van der Waals surface area contributed by atoms with Gasteiger partial charge in [0.15, 0.2) is 0 Å². The molecule has 0 bridgehead atoms. The van der Waals surface area contributed by atoms with Crippen LogP contribution in [0.2, 0.25) is 0 Å². The number of rotatable bonds is 2. The van der Waals surface area contributed by atoms with E-state index in [1.807, 2.05) is 6.92 Å². The van der Waals surface area contributed by atoms with Crippen LogP contribution in [0, 0.1) is 11.7 Å². The van der Waals surface area contributed by atoms with Gasteiger partial charge in [-0.2, -0.15) is 0 Å². The molecule has 0 aromatic heterocycles. The Morgan fingerprint density at radius 3 is 2.75 bits per heavy atom. The summed E-state index contributed by atoms with van der Waals surface area (Å²) in [5.74, 6) is -1.78. The fourth-order valence-electron chi connectivity index (χ4n) is 2.45. The van der Waals surface area contributed by atoms with Gasteiger partial charge in [-0.15, -0.1) is 12.6 Å². The van der Waals surface area contributed by atoms with Crippen LogP contribution in [0.15, 0.2) is 23.1 Å². The number of benzene rings is 1. The topological polar surface area (TPSA) is 63.4 Å². The van der Waals surface area contributed by atoms with E-state index in [1.54, 1.807) is 0 Å². The number of likely N-dealkylation sites (tertiary alicyclic amines) is 1. The van der Waals surface area contributed by atoms with Crippen LogP contribution in [0.1, 0.15) is 30.1 Å². The van der Waals surface area contributed by atoms with Crippen molar-refractivity contribution in [2.24, 2.45) is 11.7 Å². The quantitative estimate of drug-likeness (QED) is 0.818. The van der Waals surface area contributed by atoms with Crippen molar-refractivity contribution in [2.45, 2.75) is 30.7 Å². The number of piperidine rings is 1. The lowest BCUT2D eigenvalue weighted by atomic mass is 9.92. The Kier molecular flexibility index (Phi) is 4.32. The number of nitrogens with two attached hydrogens (primary N) is 1. The first-order chi connectivity index (χ1) is 9.40. The van der Waals surface area contributed by atoms with Crippen molar-refractivity contribution in [3.63, 3.8) is 0 Å². The monoisotopic (exact) mass is 296 g/mol. The predicted octanol–water partition coefficient (Wildman–Crippen LogP) is 1.84. The van der Waals surface area contributed by atoms with Gasteiger partial charge in [0, 0.05) is 17.5 Å². The molecule has 0 saturated carbocycles. The zero-order chi connectivity index (χ0) is 14.9. The van der Waals surface area contributed by atoms with E-state index in [4.69, 9.17) is 5.73 Å². The second-order valence-corrected chi connectivity index (χ2v) is 5.66. The van der Waals surface area contributed by atoms with Gasteiger partial charge in [0.1, 0.15) is 5.82 Å². The second kappa shape index (κ2) is 5.83. The summed E-state index contributed by atoms with van der Waals surface area (Å²) in [6.07, 6.45) is 1.34. The van der Waals surface area contributed by atoms with Crippen molar-refractivity contribution in [1.82, 2.24) is 4.90 Å². The molecule has 2 amide bonds. The Balaban J connectivity index is 2.26. The summed E-state index contributed by atoms with van der Waals surface area (Å²) < 4.78 is 13.8. The first-order valence-corrected chi connectivity index (χ1v) is 6.93. The van der Waals surface area contributed by atoms with Crippen LogP contribution in [0.4, 0.5) is 4.39 Å². The maximum absolute atomic E-state index is 13.8. The third-order valence-corrected chi connectivity index (χ3v) is 4.00. The van der Waals surface area contributed by atoms with Crippen molar-refractivity contribution >= 4 is 24.4 Å². The number of amides is 2. The van der Waals surface area contributed by atoms with E-state index in [9.17, 15) is 14.0 Å². The summed E-state index contributed by atoms with van der Waals surface area (Å²) in [7, 11) is 0. The van der Waals surface area contributed by atoms with Crippen molar-refractivity contribution in [3.8, 4) is 0 Å². The molecule has 2 unspecified atom stereocenters. The molecular weight excluding hydrogens is 279 g/mol. The molecule has 1 aromatic carbocycles. The van der Waals surface area contributed by atoms with E-state index in [0.717, 1.165) is 0 Å². The van der Waals surface area contributed by atoms with Crippen LogP contribution < -0.4 is 5.73 Å². The lowest BCUT2D eigenvalue weighted by molar-refractivity contribution is -0.123. The van der Waals surface area contributed by atoms with Crippen molar-refractivity contribution < 1.29 is 14.0 Å². The second-order valence-electron chi connectivity index (χ2n) is 5.15. The van der Waals surface area contributed by atoms with E-state index in [0.29, 0.717) is 17.7 Å². The third kappa shape index (κ3) is 2.95. The zero-order valence-corrected chi connectivity index (χ0v) is 12.1. The highest BCUT2D eigenvalue weighted by atomic mass is 32.1. The van der Waals surface area contributed by atoms with Gasteiger partial charge in [-0.05, 0) is 38.0 Å². The van der Waals surface area contributed by atoms with Gasteiger partial charge in [-0.1, -0.05) is 0 Å². The predicted molar refractivity (Wildman–Crippen MR) is 76.1 cm³/mol. The molecule has 1 heterocycles. The summed E-state index contributed by atoms with van der Waals surface area (Å²) in [6, 6.07) is 4.07. The van der Waals surface area contributed by atoms with Crippen LogP contribution in [0.5, 0.6) is 0 Å². The number of hydrogen-bond donors (Lipinski definition) is 2. The molecule has 4 nitrogen and oxygen atoms in total.